The molecule has 0 aliphatic carbocycles. The molecule has 0 spiro atoms. The molecule has 13 heteroatoms. The Labute approximate surface area is 417 Å². The van der Waals surface area contributed by atoms with E-state index in [1.165, 1.54) is 0 Å². The molecule has 8 aliphatic heterocycles. The van der Waals surface area contributed by atoms with Crippen molar-refractivity contribution in [1.29, 1.82) is 0 Å². The van der Waals surface area contributed by atoms with Gasteiger partial charge in [0.05, 0.1) is 48.3 Å². The molecule has 2 unspecified atom stereocenters. The van der Waals surface area contributed by atoms with Crippen LogP contribution in [0.2, 0.25) is 18.1 Å². The Bertz CT molecular complexity index is 1920. The number of rotatable bonds is 21. The Morgan fingerprint density at radius 1 is 0.912 bits per heavy atom. The van der Waals surface area contributed by atoms with Gasteiger partial charge in [-0.3, -0.25) is 4.79 Å². The summed E-state index contributed by atoms with van der Waals surface area (Å²) in [6.07, 6.45) is 7.56. The second-order valence-electron chi connectivity index (χ2n) is 23.4. The van der Waals surface area contributed by atoms with Gasteiger partial charge in [-0.15, -0.1) is 0 Å². The molecule has 1 aromatic carbocycles. The summed E-state index contributed by atoms with van der Waals surface area (Å²) < 4.78 is 61.6. The Hall–Kier alpha value is -1.78. The summed E-state index contributed by atoms with van der Waals surface area (Å²) in [7, 11) is -1.90. The first-order valence-corrected chi connectivity index (χ1v) is 30.0. The van der Waals surface area contributed by atoms with Gasteiger partial charge in [-0.05, 0) is 103 Å². The summed E-state index contributed by atoms with van der Waals surface area (Å²) in [6.45, 7) is 29.9. The second kappa shape index (κ2) is 21.7. The van der Waals surface area contributed by atoms with E-state index < -0.39 is 32.4 Å². The standard InChI is InChI=1S/C55H83BrO11Si/c1-12-13-19-39-25-33(3)35(5)45(60-39)29-46-42(36(6)44(63-46)24-32(2)31-59-68(10,11)54(7,8)9)28-38(57)27-40-20-21-43-48(61-40)52-51-50(64-43)49-47(65-51)30-55(66-49,67-52)23-22-41(26-34(4)56)62-53(58)37-17-15-14-16-18-37/h14-18,32-33,36,39-52H,4-5,12-13,19-31H2,1-3,6-11H3/t32-,33+,36+,39-,40+,41+,42+,43-,44+,45+,46?,47+,48-,49?,50-,51+,52-,55-/m0/s1. The summed E-state index contributed by atoms with van der Waals surface area (Å²) >= 11 is 3.50. The Balaban J connectivity index is 0.923. The molecular formula is C55H83BrO11Si. The number of carbonyl (C=O) groups is 2. The molecule has 8 fully saturated rings. The van der Waals surface area contributed by atoms with Gasteiger partial charge in [0.25, 0.3) is 0 Å². The molecule has 8 heterocycles. The van der Waals surface area contributed by atoms with Crippen LogP contribution >= 0.6 is 15.9 Å². The summed E-state index contributed by atoms with van der Waals surface area (Å²) in [5, 5.41) is 0.146. The SMILES string of the molecule is C=C(Br)C[C@@H](CC[C@@]12C[C@H]3O[C@H]4[C@@H](O1)[C@H]1O[C@@H](CC(=O)C[C@H]5C(C[C@H]6O[C@@H](CCCC)C[C@@H](C)C6=C)O[C@H](C[C@H](C)CO[Si](C)(C)C(C)(C)C)[C@@H]5C)CC[C@@H]1O[C@H]4C3O2)OC(=O)c1ccccc1. The van der Waals surface area contributed by atoms with E-state index in [9.17, 15) is 9.59 Å². The van der Waals surface area contributed by atoms with Gasteiger partial charge >= 0.3 is 5.97 Å². The minimum Gasteiger partial charge on any atom is -0.458 e. The summed E-state index contributed by atoms with van der Waals surface area (Å²) in [5.74, 6) is -0.177. The van der Waals surface area contributed by atoms with E-state index in [1.54, 1.807) is 12.1 Å². The molecule has 380 valence electrons. The summed E-state index contributed by atoms with van der Waals surface area (Å²) in [5.41, 5.74) is 1.65. The van der Waals surface area contributed by atoms with Gasteiger partial charge in [0.1, 0.15) is 42.4 Å². The molecule has 0 aromatic heterocycles. The molecule has 8 saturated heterocycles. The van der Waals surface area contributed by atoms with Crippen LogP contribution in [0.15, 0.2) is 53.5 Å². The van der Waals surface area contributed by atoms with Crippen molar-refractivity contribution < 1.29 is 51.9 Å². The third-order valence-electron chi connectivity index (χ3n) is 17.1. The number of Topliss-reactive ketones (excluding diaryl/α,β-unsaturated/α-hetero) is 1. The first kappa shape index (κ1) is 52.5. The lowest BCUT2D eigenvalue weighted by atomic mass is 9.78. The highest BCUT2D eigenvalue weighted by Crippen LogP contribution is 2.54. The number of benzene rings is 1. The molecule has 18 atom stereocenters. The van der Waals surface area contributed by atoms with Gasteiger partial charge in [0, 0.05) is 45.1 Å². The largest absolute Gasteiger partial charge is 0.458 e. The predicted molar refractivity (Wildman–Crippen MR) is 268 cm³/mol. The average molecular weight is 1030 g/mol. The van der Waals surface area contributed by atoms with Gasteiger partial charge in [-0.1, -0.05) is 109 Å². The van der Waals surface area contributed by atoms with Gasteiger partial charge in [-0.2, -0.15) is 0 Å². The maximum absolute atomic E-state index is 14.5. The lowest BCUT2D eigenvalue weighted by molar-refractivity contribution is -0.292. The van der Waals surface area contributed by atoms with Crippen molar-refractivity contribution in [2.45, 2.75) is 242 Å². The molecule has 0 N–H and O–H groups in total. The fraction of sp³-hybridized carbons (Fsp3) is 0.782. The molecule has 0 saturated carbocycles. The van der Waals surface area contributed by atoms with Gasteiger partial charge in [0.2, 0.25) is 0 Å². The maximum Gasteiger partial charge on any atom is 0.338 e. The number of fused-ring (bicyclic) bond motifs is 1. The van der Waals surface area contributed by atoms with Crippen LogP contribution in [-0.4, -0.2) is 112 Å². The van der Waals surface area contributed by atoms with Crippen molar-refractivity contribution >= 4 is 36.0 Å². The van der Waals surface area contributed by atoms with Gasteiger partial charge < -0.3 is 42.3 Å². The highest BCUT2D eigenvalue weighted by molar-refractivity contribution is 9.11. The molecule has 1 aromatic rings. The van der Waals surface area contributed by atoms with Crippen LogP contribution in [0.1, 0.15) is 149 Å². The molecule has 68 heavy (non-hydrogen) atoms. The third kappa shape index (κ3) is 11.8. The lowest BCUT2D eigenvalue weighted by Gasteiger charge is -2.47. The Kier molecular flexibility index (Phi) is 16.8. The van der Waals surface area contributed by atoms with Crippen LogP contribution in [0.5, 0.6) is 0 Å². The molecule has 0 amide bonds. The van der Waals surface area contributed by atoms with E-state index in [1.807, 2.05) is 18.2 Å². The number of halogens is 1. The zero-order valence-corrected chi connectivity index (χ0v) is 45.2. The number of esters is 1. The zero-order chi connectivity index (χ0) is 48.7. The minimum absolute atomic E-state index is 0.0212. The normalized spacial score (nSPS) is 38.5. The van der Waals surface area contributed by atoms with Crippen LogP contribution < -0.4 is 0 Å². The van der Waals surface area contributed by atoms with Crippen molar-refractivity contribution in [3.63, 3.8) is 0 Å². The number of ether oxygens (including phenoxy) is 8. The molecule has 6 bridgehead atoms. The molecule has 11 nitrogen and oxygen atoms in total. The number of unbranched alkanes of at least 4 members (excludes halogenated alkanes) is 1. The fourth-order valence-corrected chi connectivity index (χ4v) is 13.5. The predicted octanol–water partition coefficient (Wildman–Crippen LogP) is 11.6. The molecule has 0 radical (unpaired) electrons. The topological polar surface area (TPSA) is 117 Å². The second-order valence-corrected chi connectivity index (χ2v) is 29.4. The highest BCUT2D eigenvalue weighted by Gasteiger charge is 2.68. The van der Waals surface area contributed by atoms with Gasteiger partial charge in [-0.25, -0.2) is 4.79 Å². The summed E-state index contributed by atoms with van der Waals surface area (Å²) in [6, 6.07) is 9.04. The van der Waals surface area contributed by atoms with Crippen molar-refractivity contribution in [2.24, 2.45) is 23.7 Å². The van der Waals surface area contributed by atoms with E-state index in [0.717, 1.165) is 61.4 Å². The van der Waals surface area contributed by atoms with Gasteiger partial charge in [0.15, 0.2) is 14.1 Å². The maximum atomic E-state index is 14.5. The number of hydrogen-bond acceptors (Lipinski definition) is 11. The Morgan fingerprint density at radius 3 is 2.35 bits per heavy atom. The quantitative estimate of drug-likeness (QED) is 0.0665. The van der Waals surface area contributed by atoms with Crippen LogP contribution in [0, 0.1) is 23.7 Å². The van der Waals surface area contributed by atoms with Crippen molar-refractivity contribution in [3.8, 4) is 0 Å². The van der Waals surface area contributed by atoms with Crippen LogP contribution in [0.4, 0.5) is 0 Å². The van der Waals surface area contributed by atoms with Crippen molar-refractivity contribution in [2.75, 3.05) is 6.61 Å². The number of hydrogen-bond donors (Lipinski definition) is 0. The third-order valence-corrected chi connectivity index (χ3v) is 22.0. The molecule has 9 rings (SSSR count). The monoisotopic (exact) mass is 1030 g/mol. The highest BCUT2D eigenvalue weighted by atomic mass is 79.9. The van der Waals surface area contributed by atoms with E-state index in [0.29, 0.717) is 62.5 Å². The van der Waals surface area contributed by atoms with Crippen LogP contribution in [0.3, 0.4) is 0 Å². The molecule has 8 aliphatic rings. The number of carbonyl (C=O) groups excluding carboxylic acids is 2. The fourth-order valence-electron chi connectivity index (χ4n) is 12.0. The molecular weight excluding hydrogens is 945 g/mol. The van der Waals surface area contributed by atoms with E-state index in [-0.39, 0.29) is 89.7 Å². The first-order valence-electron chi connectivity index (χ1n) is 26.3. The summed E-state index contributed by atoms with van der Waals surface area (Å²) in [4.78, 5) is 27.6. The minimum atomic E-state index is -1.90. The van der Waals surface area contributed by atoms with Crippen molar-refractivity contribution in [3.05, 3.63) is 59.1 Å². The lowest BCUT2D eigenvalue weighted by Crippen LogP contribution is -2.61. The Morgan fingerprint density at radius 2 is 1.63 bits per heavy atom. The smallest absolute Gasteiger partial charge is 0.338 e. The van der Waals surface area contributed by atoms with E-state index in [4.69, 9.17) is 42.3 Å². The zero-order valence-electron chi connectivity index (χ0n) is 42.6. The van der Waals surface area contributed by atoms with E-state index >= 15 is 0 Å². The first-order chi connectivity index (χ1) is 32.2. The average Bonchev–Trinajstić information content (AvgIpc) is 3.83. The van der Waals surface area contributed by atoms with Crippen LogP contribution in [0.25, 0.3) is 0 Å². The number of ketones is 1. The van der Waals surface area contributed by atoms with Crippen LogP contribution in [-0.2, 0) is 47.1 Å². The van der Waals surface area contributed by atoms with Crippen molar-refractivity contribution in [1.82, 2.24) is 0 Å². The van der Waals surface area contributed by atoms with E-state index in [2.05, 4.69) is 90.6 Å².